The van der Waals surface area contributed by atoms with Crippen LogP contribution in [-0.4, -0.2) is 39.2 Å². The Morgan fingerprint density at radius 3 is 2.95 bits per heavy atom. The summed E-state index contributed by atoms with van der Waals surface area (Å²) >= 11 is 0. The fourth-order valence-corrected chi connectivity index (χ4v) is 1.91. The van der Waals surface area contributed by atoms with Gasteiger partial charge in [0.2, 0.25) is 5.88 Å². The Bertz CT molecular complexity index is 594. The first-order valence-corrected chi connectivity index (χ1v) is 6.42. The molecule has 2 aromatic heterocycles. The average Bonchev–Trinajstić information content (AvgIpc) is 2.84. The van der Waals surface area contributed by atoms with Gasteiger partial charge in [-0.15, -0.1) is 0 Å². The molecule has 6 nitrogen and oxygen atoms in total. The van der Waals surface area contributed by atoms with E-state index in [-0.39, 0.29) is 5.91 Å². The van der Waals surface area contributed by atoms with Crippen molar-refractivity contribution in [3.05, 3.63) is 41.9 Å². The SMILES string of the molecule is CCOc1ncccc1C(=O)N(C)Cc1cnn(C)c1. The summed E-state index contributed by atoms with van der Waals surface area (Å²) in [6.07, 6.45) is 5.25. The predicted octanol–water partition coefficient (Wildman–Crippen LogP) is 1.49. The van der Waals surface area contributed by atoms with E-state index in [0.717, 1.165) is 5.56 Å². The largest absolute Gasteiger partial charge is 0.477 e. The Morgan fingerprint density at radius 2 is 2.30 bits per heavy atom. The van der Waals surface area contributed by atoms with E-state index in [1.165, 1.54) is 0 Å². The van der Waals surface area contributed by atoms with Crippen molar-refractivity contribution in [3.63, 3.8) is 0 Å². The molecule has 1 amide bonds. The number of aryl methyl sites for hydroxylation is 1. The van der Waals surface area contributed by atoms with E-state index in [1.807, 2.05) is 20.2 Å². The topological polar surface area (TPSA) is 60.2 Å². The van der Waals surface area contributed by atoms with Crippen molar-refractivity contribution in [1.82, 2.24) is 19.7 Å². The van der Waals surface area contributed by atoms with E-state index >= 15 is 0 Å². The molecule has 0 saturated carbocycles. The molecule has 0 fully saturated rings. The number of hydrogen-bond acceptors (Lipinski definition) is 4. The first-order valence-electron chi connectivity index (χ1n) is 6.42. The van der Waals surface area contributed by atoms with Crippen LogP contribution in [0.3, 0.4) is 0 Å². The van der Waals surface area contributed by atoms with E-state index < -0.39 is 0 Å². The molecule has 106 valence electrons. The van der Waals surface area contributed by atoms with E-state index in [4.69, 9.17) is 4.74 Å². The number of hydrogen-bond donors (Lipinski definition) is 0. The normalized spacial score (nSPS) is 10.3. The second-order valence-corrected chi connectivity index (χ2v) is 4.47. The molecule has 0 aliphatic heterocycles. The monoisotopic (exact) mass is 274 g/mol. The number of aromatic nitrogens is 3. The zero-order valence-corrected chi connectivity index (χ0v) is 11.9. The highest BCUT2D eigenvalue weighted by atomic mass is 16.5. The van der Waals surface area contributed by atoms with Gasteiger partial charge in [0.15, 0.2) is 0 Å². The third kappa shape index (κ3) is 3.14. The van der Waals surface area contributed by atoms with Gasteiger partial charge in [0.05, 0.1) is 12.8 Å². The Balaban J connectivity index is 2.14. The minimum absolute atomic E-state index is 0.120. The highest BCUT2D eigenvalue weighted by Gasteiger charge is 2.18. The van der Waals surface area contributed by atoms with Gasteiger partial charge in [-0.05, 0) is 19.1 Å². The van der Waals surface area contributed by atoms with Crippen LogP contribution in [0.2, 0.25) is 0 Å². The molecule has 2 heterocycles. The van der Waals surface area contributed by atoms with Gasteiger partial charge in [-0.3, -0.25) is 9.48 Å². The second-order valence-electron chi connectivity index (χ2n) is 4.47. The molecule has 0 spiro atoms. The van der Waals surface area contributed by atoms with Crippen LogP contribution in [0.5, 0.6) is 5.88 Å². The zero-order chi connectivity index (χ0) is 14.5. The predicted molar refractivity (Wildman–Crippen MR) is 74.4 cm³/mol. The van der Waals surface area contributed by atoms with E-state index in [9.17, 15) is 4.79 Å². The summed E-state index contributed by atoms with van der Waals surface area (Å²) in [5.41, 5.74) is 1.45. The number of carbonyl (C=O) groups is 1. The van der Waals surface area contributed by atoms with Crippen molar-refractivity contribution in [2.45, 2.75) is 13.5 Å². The van der Waals surface area contributed by atoms with Crippen LogP contribution >= 0.6 is 0 Å². The fourth-order valence-electron chi connectivity index (χ4n) is 1.91. The maximum atomic E-state index is 12.4. The third-order valence-corrected chi connectivity index (χ3v) is 2.81. The van der Waals surface area contributed by atoms with Crippen LogP contribution in [0.1, 0.15) is 22.8 Å². The molecule has 2 aromatic rings. The van der Waals surface area contributed by atoms with E-state index in [0.29, 0.717) is 24.6 Å². The molecule has 0 atom stereocenters. The maximum Gasteiger partial charge on any atom is 0.259 e. The lowest BCUT2D eigenvalue weighted by molar-refractivity contribution is 0.0780. The molecule has 0 N–H and O–H groups in total. The van der Waals surface area contributed by atoms with Crippen molar-refractivity contribution in [2.75, 3.05) is 13.7 Å². The number of nitrogens with zero attached hydrogens (tertiary/aromatic N) is 4. The molecule has 6 heteroatoms. The van der Waals surface area contributed by atoms with Crippen molar-refractivity contribution in [3.8, 4) is 5.88 Å². The van der Waals surface area contributed by atoms with Gasteiger partial charge in [-0.1, -0.05) is 0 Å². The van der Waals surface area contributed by atoms with Crippen LogP contribution in [0.4, 0.5) is 0 Å². The Morgan fingerprint density at radius 1 is 1.50 bits per heavy atom. The number of carbonyl (C=O) groups excluding carboxylic acids is 1. The number of rotatable bonds is 5. The summed E-state index contributed by atoms with van der Waals surface area (Å²) in [6, 6.07) is 3.45. The van der Waals surface area contributed by atoms with Crippen LogP contribution in [-0.2, 0) is 13.6 Å². The molecule has 0 unspecified atom stereocenters. The number of pyridine rings is 1. The molecule has 0 saturated heterocycles. The van der Waals surface area contributed by atoms with Crippen LogP contribution < -0.4 is 4.74 Å². The number of ether oxygens (including phenoxy) is 1. The fraction of sp³-hybridized carbons (Fsp3) is 0.357. The van der Waals surface area contributed by atoms with Gasteiger partial charge < -0.3 is 9.64 Å². The van der Waals surface area contributed by atoms with Crippen LogP contribution in [0.25, 0.3) is 0 Å². The first-order chi connectivity index (χ1) is 9.61. The van der Waals surface area contributed by atoms with Crippen LogP contribution in [0.15, 0.2) is 30.7 Å². The maximum absolute atomic E-state index is 12.4. The van der Waals surface area contributed by atoms with Crippen molar-refractivity contribution in [2.24, 2.45) is 7.05 Å². The average molecular weight is 274 g/mol. The highest BCUT2D eigenvalue weighted by molar-refractivity contribution is 5.96. The molecular formula is C14H18N4O2. The minimum atomic E-state index is -0.120. The molecule has 0 aliphatic carbocycles. The summed E-state index contributed by atoms with van der Waals surface area (Å²) in [5, 5.41) is 4.09. The molecule has 0 aromatic carbocycles. The molecule has 0 radical (unpaired) electrons. The lowest BCUT2D eigenvalue weighted by atomic mass is 10.2. The zero-order valence-electron chi connectivity index (χ0n) is 11.9. The summed E-state index contributed by atoms with van der Waals surface area (Å²) in [6.45, 7) is 2.83. The molecule has 20 heavy (non-hydrogen) atoms. The molecule has 0 bridgehead atoms. The minimum Gasteiger partial charge on any atom is -0.477 e. The van der Waals surface area contributed by atoms with Crippen molar-refractivity contribution < 1.29 is 9.53 Å². The summed E-state index contributed by atoms with van der Waals surface area (Å²) in [7, 11) is 3.59. The van der Waals surface area contributed by atoms with Crippen molar-refractivity contribution >= 4 is 5.91 Å². The molecule has 0 aliphatic rings. The summed E-state index contributed by atoms with van der Waals surface area (Å²) in [5.74, 6) is 0.253. The Labute approximate surface area is 118 Å². The van der Waals surface area contributed by atoms with Gasteiger partial charge in [0.1, 0.15) is 5.56 Å². The quantitative estimate of drug-likeness (QED) is 0.828. The standard InChI is InChI=1S/C14H18N4O2/c1-4-20-13-12(6-5-7-15-13)14(19)17(2)9-11-8-16-18(3)10-11/h5-8,10H,4,9H2,1-3H3. The first kappa shape index (κ1) is 14.0. The van der Waals surface area contributed by atoms with Crippen molar-refractivity contribution in [1.29, 1.82) is 0 Å². The Kier molecular flexibility index (Phi) is 4.34. The highest BCUT2D eigenvalue weighted by Crippen LogP contribution is 2.17. The third-order valence-electron chi connectivity index (χ3n) is 2.81. The van der Waals surface area contributed by atoms with E-state index in [1.54, 1.807) is 41.2 Å². The lowest BCUT2D eigenvalue weighted by Gasteiger charge is -2.17. The van der Waals surface area contributed by atoms with Gasteiger partial charge in [0.25, 0.3) is 5.91 Å². The molecular weight excluding hydrogens is 256 g/mol. The van der Waals surface area contributed by atoms with Crippen LogP contribution in [0, 0.1) is 0 Å². The Hall–Kier alpha value is -2.37. The van der Waals surface area contributed by atoms with Gasteiger partial charge >= 0.3 is 0 Å². The summed E-state index contributed by atoms with van der Waals surface area (Å²) in [4.78, 5) is 18.1. The van der Waals surface area contributed by atoms with Gasteiger partial charge in [-0.25, -0.2) is 4.98 Å². The summed E-state index contributed by atoms with van der Waals surface area (Å²) < 4.78 is 7.10. The smallest absolute Gasteiger partial charge is 0.259 e. The second kappa shape index (κ2) is 6.18. The van der Waals surface area contributed by atoms with Gasteiger partial charge in [-0.2, -0.15) is 5.10 Å². The van der Waals surface area contributed by atoms with Gasteiger partial charge in [0, 0.05) is 38.6 Å². The number of amides is 1. The van der Waals surface area contributed by atoms with E-state index in [2.05, 4.69) is 10.1 Å². The lowest BCUT2D eigenvalue weighted by Crippen LogP contribution is -2.26. The molecule has 2 rings (SSSR count).